The number of anilines is 1. The largest absolute Gasteiger partial charge is 0.302 e. The summed E-state index contributed by atoms with van der Waals surface area (Å²) in [7, 11) is -3.50. The number of carbonyl (C=O) groups is 1. The van der Waals surface area contributed by atoms with E-state index in [0.717, 1.165) is 25.3 Å². The number of thiazole rings is 1. The van der Waals surface area contributed by atoms with Crippen molar-refractivity contribution >= 4 is 32.4 Å². The van der Waals surface area contributed by atoms with Crippen LogP contribution in [-0.2, 0) is 21.4 Å². The van der Waals surface area contributed by atoms with Gasteiger partial charge in [0.2, 0.25) is 15.9 Å². The van der Waals surface area contributed by atoms with E-state index in [-0.39, 0.29) is 11.8 Å². The predicted octanol–water partition coefficient (Wildman–Crippen LogP) is 3.66. The molecule has 0 aliphatic carbocycles. The summed E-state index contributed by atoms with van der Waals surface area (Å²) in [5.41, 5.74) is 0.996. The summed E-state index contributed by atoms with van der Waals surface area (Å²) in [4.78, 5) is 20.1. The summed E-state index contributed by atoms with van der Waals surface area (Å²) in [6.07, 6.45) is 2.31. The minimum atomic E-state index is -3.50. The number of sulfonamides is 1. The van der Waals surface area contributed by atoms with E-state index in [1.807, 2.05) is 5.38 Å². The third-order valence-corrected chi connectivity index (χ3v) is 9.04. The van der Waals surface area contributed by atoms with E-state index in [1.54, 1.807) is 30.3 Å². The number of nitrogens with zero attached hydrogens (tertiary/aromatic N) is 3. The van der Waals surface area contributed by atoms with Crippen LogP contribution in [0.1, 0.15) is 38.8 Å². The highest BCUT2D eigenvalue weighted by atomic mass is 32.2. The van der Waals surface area contributed by atoms with Gasteiger partial charge >= 0.3 is 0 Å². The van der Waals surface area contributed by atoms with Crippen LogP contribution in [0.15, 0.2) is 40.6 Å². The van der Waals surface area contributed by atoms with Crippen LogP contribution < -0.4 is 5.32 Å². The van der Waals surface area contributed by atoms with Gasteiger partial charge in [0.1, 0.15) is 0 Å². The molecule has 9 heteroatoms. The number of benzene rings is 1. The van der Waals surface area contributed by atoms with Gasteiger partial charge in [0.05, 0.1) is 10.6 Å². The zero-order valence-corrected chi connectivity index (χ0v) is 20.4. The van der Waals surface area contributed by atoms with Crippen molar-refractivity contribution < 1.29 is 13.2 Å². The lowest BCUT2D eigenvalue weighted by Crippen LogP contribution is -2.41. The first kappa shape index (κ1) is 23.4. The van der Waals surface area contributed by atoms with E-state index in [0.29, 0.717) is 47.8 Å². The number of piperidine rings is 2. The monoisotopic (exact) mass is 476 g/mol. The van der Waals surface area contributed by atoms with Crippen LogP contribution in [0.4, 0.5) is 5.13 Å². The molecule has 3 heterocycles. The van der Waals surface area contributed by atoms with Crippen molar-refractivity contribution in [3.05, 3.63) is 41.4 Å². The predicted molar refractivity (Wildman–Crippen MR) is 127 cm³/mol. The maximum atomic E-state index is 12.8. The zero-order valence-electron chi connectivity index (χ0n) is 18.7. The third-order valence-electron chi connectivity index (χ3n) is 6.32. The Hall–Kier alpha value is -1.81. The van der Waals surface area contributed by atoms with Gasteiger partial charge in [-0.25, -0.2) is 13.4 Å². The highest BCUT2D eigenvalue weighted by Crippen LogP contribution is 2.27. The van der Waals surface area contributed by atoms with Gasteiger partial charge in [-0.3, -0.25) is 9.69 Å². The first-order valence-corrected chi connectivity index (χ1v) is 13.7. The standard InChI is InChI=1S/C23H32N4O3S2/c1-17-12-18(2)14-26(13-17)15-20-16-31-23(24-20)25-22(28)19-8-10-27(11-9-19)32(29,30)21-6-4-3-5-7-21/h3-7,16-19H,8-15H2,1-2H3,(H,24,25,28). The first-order valence-electron chi connectivity index (χ1n) is 11.3. The Kier molecular flexibility index (Phi) is 7.29. The molecule has 1 aromatic carbocycles. The SMILES string of the molecule is CC1CC(C)CN(Cc2csc(NC(=O)C3CCN(S(=O)(=O)c4ccccc4)CC3)n2)C1. The molecular weight excluding hydrogens is 444 g/mol. The Morgan fingerprint density at radius 2 is 1.78 bits per heavy atom. The molecule has 32 heavy (non-hydrogen) atoms. The first-order chi connectivity index (χ1) is 15.3. The van der Waals surface area contributed by atoms with E-state index in [2.05, 4.69) is 29.0 Å². The zero-order chi connectivity index (χ0) is 22.7. The molecule has 2 atom stereocenters. The molecule has 0 spiro atoms. The summed E-state index contributed by atoms with van der Waals surface area (Å²) >= 11 is 1.46. The topological polar surface area (TPSA) is 82.6 Å². The minimum absolute atomic E-state index is 0.0668. The second-order valence-corrected chi connectivity index (χ2v) is 12.1. The molecule has 1 N–H and O–H groups in total. The maximum absolute atomic E-state index is 12.8. The van der Waals surface area contributed by atoms with Gasteiger partial charge in [-0.15, -0.1) is 11.3 Å². The molecule has 2 aromatic rings. The Bertz CT molecular complexity index is 1010. The van der Waals surface area contributed by atoms with E-state index in [1.165, 1.54) is 22.1 Å². The Morgan fingerprint density at radius 1 is 1.12 bits per heavy atom. The van der Waals surface area contributed by atoms with Gasteiger partial charge in [-0.05, 0) is 43.2 Å². The lowest BCUT2D eigenvalue weighted by Gasteiger charge is -2.34. The summed E-state index contributed by atoms with van der Waals surface area (Å²) in [6.45, 7) is 8.30. The van der Waals surface area contributed by atoms with Crippen LogP contribution in [0.25, 0.3) is 0 Å². The Morgan fingerprint density at radius 3 is 2.44 bits per heavy atom. The van der Waals surface area contributed by atoms with Crippen LogP contribution in [-0.4, -0.2) is 54.7 Å². The number of likely N-dealkylation sites (tertiary alicyclic amines) is 1. The fourth-order valence-corrected chi connectivity index (χ4v) is 7.09. The van der Waals surface area contributed by atoms with Crippen LogP contribution in [0, 0.1) is 17.8 Å². The molecule has 4 rings (SSSR count). The molecular formula is C23H32N4O3S2. The quantitative estimate of drug-likeness (QED) is 0.688. The van der Waals surface area contributed by atoms with Crippen molar-refractivity contribution in [2.24, 2.45) is 17.8 Å². The Labute approximate surface area is 194 Å². The summed E-state index contributed by atoms with van der Waals surface area (Å²) < 4.78 is 27.0. The van der Waals surface area contributed by atoms with E-state index < -0.39 is 10.0 Å². The van der Waals surface area contributed by atoms with E-state index in [4.69, 9.17) is 0 Å². The summed E-state index contributed by atoms with van der Waals surface area (Å²) in [5, 5.41) is 5.60. The highest BCUT2D eigenvalue weighted by Gasteiger charge is 2.32. The van der Waals surface area contributed by atoms with Crippen molar-refractivity contribution in [1.82, 2.24) is 14.2 Å². The average Bonchev–Trinajstić information content (AvgIpc) is 3.20. The molecule has 1 amide bonds. The van der Waals surface area contributed by atoms with Crippen molar-refractivity contribution in [1.29, 1.82) is 0 Å². The van der Waals surface area contributed by atoms with Crippen LogP contribution in [0.2, 0.25) is 0 Å². The molecule has 2 unspecified atom stereocenters. The minimum Gasteiger partial charge on any atom is -0.302 e. The number of nitrogens with one attached hydrogen (secondary N) is 1. The molecule has 0 bridgehead atoms. The number of aromatic nitrogens is 1. The second kappa shape index (κ2) is 9.99. The lowest BCUT2D eigenvalue weighted by molar-refractivity contribution is -0.120. The van der Waals surface area contributed by atoms with Gasteiger partial charge < -0.3 is 5.32 Å². The normalized spacial score (nSPS) is 23.8. The average molecular weight is 477 g/mol. The fraction of sp³-hybridized carbons (Fsp3) is 0.565. The van der Waals surface area contributed by atoms with Crippen LogP contribution in [0.5, 0.6) is 0 Å². The number of carbonyl (C=O) groups excluding carboxylic acids is 1. The van der Waals surface area contributed by atoms with Crippen molar-refractivity contribution in [2.75, 3.05) is 31.5 Å². The third kappa shape index (κ3) is 5.57. The molecule has 1 aromatic heterocycles. The molecule has 0 radical (unpaired) electrons. The molecule has 2 fully saturated rings. The maximum Gasteiger partial charge on any atom is 0.243 e. The number of amides is 1. The van der Waals surface area contributed by atoms with Crippen LogP contribution in [0.3, 0.4) is 0 Å². The van der Waals surface area contributed by atoms with Gasteiger partial charge in [0, 0.05) is 44.0 Å². The summed E-state index contributed by atoms with van der Waals surface area (Å²) in [5.74, 6) is 1.14. The van der Waals surface area contributed by atoms with Gasteiger partial charge in [0.15, 0.2) is 5.13 Å². The highest BCUT2D eigenvalue weighted by molar-refractivity contribution is 7.89. The fourth-order valence-electron chi connectivity index (χ4n) is 4.89. The number of hydrogen-bond donors (Lipinski definition) is 1. The van der Waals surface area contributed by atoms with Crippen molar-refractivity contribution in [3.63, 3.8) is 0 Å². The summed E-state index contributed by atoms with van der Waals surface area (Å²) in [6, 6.07) is 8.47. The lowest BCUT2D eigenvalue weighted by atomic mass is 9.92. The van der Waals surface area contributed by atoms with E-state index >= 15 is 0 Å². The van der Waals surface area contributed by atoms with Gasteiger partial charge in [-0.1, -0.05) is 32.0 Å². The molecule has 2 aliphatic rings. The van der Waals surface area contributed by atoms with Crippen molar-refractivity contribution in [2.45, 2.75) is 44.6 Å². The van der Waals surface area contributed by atoms with Crippen LogP contribution >= 0.6 is 11.3 Å². The smallest absolute Gasteiger partial charge is 0.243 e. The molecule has 2 saturated heterocycles. The Balaban J connectivity index is 1.28. The second-order valence-electron chi connectivity index (χ2n) is 9.26. The molecule has 0 saturated carbocycles. The van der Waals surface area contributed by atoms with E-state index in [9.17, 15) is 13.2 Å². The molecule has 2 aliphatic heterocycles. The molecule has 7 nitrogen and oxygen atoms in total. The molecule has 174 valence electrons. The number of hydrogen-bond acceptors (Lipinski definition) is 6. The number of rotatable bonds is 6. The van der Waals surface area contributed by atoms with Gasteiger partial charge in [-0.2, -0.15) is 4.31 Å². The van der Waals surface area contributed by atoms with Gasteiger partial charge in [0.25, 0.3) is 0 Å². The van der Waals surface area contributed by atoms with Crippen molar-refractivity contribution in [3.8, 4) is 0 Å².